The minimum absolute atomic E-state index is 0. The minimum Gasteiger partial charge on any atom is -0.490 e. The molecule has 1 aliphatic carbocycles. The maximum atomic E-state index is 12.9. The molecule has 140 valence electrons. The fraction of sp³-hybridized carbons (Fsp3) is 0.632. The van der Waals surface area contributed by atoms with Gasteiger partial charge < -0.3 is 20.1 Å². The van der Waals surface area contributed by atoms with Crippen LogP contribution in [0, 0.1) is 11.8 Å². The average Bonchev–Trinajstić information content (AvgIpc) is 3.15. The van der Waals surface area contributed by atoms with Gasteiger partial charge in [-0.05, 0) is 56.2 Å². The van der Waals surface area contributed by atoms with E-state index in [1.165, 1.54) is 0 Å². The minimum atomic E-state index is 0. The first-order valence-electron chi connectivity index (χ1n) is 9.08. The predicted octanol–water partition coefficient (Wildman–Crippen LogP) is 3.11. The fourth-order valence-corrected chi connectivity index (χ4v) is 3.90. The van der Waals surface area contributed by atoms with E-state index in [4.69, 9.17) is 15.2 Å². The quantitative estimate of drug-likeness (QED) is 0.837. The number of fused-ring (bicyclic) bond motifs is 1. The van der Waals surface area contributed by atoms with Crippen molar-refractivity contribution in [1.82, 2.24) is 4.90 Å². The summed E-state index contributed by atoms with van der Waals surface area (Å²) in [6.45, 7) is 6.79. The van der Waals surface area contributed by atoms with Crippen molar-refractivity contribution in [2.45, 2.75) is 39.2 Å². The summed E-state index contributed by atoms with van der Waals surface area (Å²) in [5.41, 5.74) is 6.84. The van der Waals surface area contributed by atoms with Gasteiger partial charge in [-0.15, -0.1) is 12.4 Å². The van der Waals surface area contributed by atoms with Crippen LogP contribution in [0.5, 0.6) is 11.5 Å². The zero-order valence-electron chi connectivity index (χ0n) is 15.1. The van der Waals surface area contributed by atoms with Crippen LogP contribution in [0.25, 0.3) is 0 Å². The second-order valence-electron chi connectivity index (χ2n) is 6.82. The van der Waals surface area contributed by atoms with E-state index >= 15 is 0 Å². The maximum absolute atomic E-state index is 12.9. The molecule has 6 heteroatoms. The van der Waals surface area contributed by atoms with E-state index in [-0.39, 0.29) is 24.4 Å². The lowest BCUT2D eigenvalue weighted by molar-refractivity contribution is 0.0779. The van der Waals surface area contributed by atoms with E-state index < -0.39 is 0 Å². The number of amides is 1. The molecule has 0 aromatic heterocycles. The van der Waals surface area contributed by atoms with Crippen LogP contribution in [0.4, 0.5) is 0 Å². The summed E-state index contributed by atoms with van der Waals surface area (Å²) < 4.78 is 11.4. The Bertz CT molecular complexity index is 596. The third-order valence-corrected chi connectivity index (χ3v) is 5.15. The average molecular weight is 369 g/mol. The Morgan fingerprint density at radius 3 is 2.68 bits per heavy atom. The fourth-order valence-electron chi connectivity index (χ4n) is 3.90. The van der Waals surface area contributed by atoms with Crippen molar-refractivity contribution in [2.24, 2.45) is 17.6 Å². The smallest absolute Gasteiger partial charge is 0.254 e. The number of likely N-dealkylation sites (tertiary alicyclic amines) is 1. The van der Waals surface area contributed by atoms with Crippen molar-refractivity contribution < 1.29 is 14.3 Å². The molecular formula is C19H29ClN2O3. The van der Waals surface area contributed by atoms with Gasteiger partial charge in [-0.2, -0.15) is 0 Å². The van der Waals surface area contributed by atoms with Crippen molar-refractivity contribution in [1.29, 1.82) is 0 Å². The van der Waals surface area contributed by atoms with E-state index in [2.05, 4.69) is 6.92 Å². The van der Waals surface area contributed by atoms with Crippen molar-refractivity contribution in [3.8, 4) is 11.5 Å². The number of rotatable bonds is 6. The summed E-state index contributed by atoms with van der Waals surface area (Å²) in [7, 11) is 0. The van der Waals surface area contributed by atoms with E-state index in [9.17, 15) is 4.79 Å². The first-order chi connectivity index (χ1) is 11.6. The summed E-state index contributed by atoms with van der Waals surface area (Å²) in [4.78, 5) is 14.8. The van der Waals surface area contributed by atoms with Gasteiger partial charge in [0.05, 0.1) is 13.2 Å². The van der Waals surface area contributed by atoms with Crippen LogP contribution in [0.15, 0.2) is 18.2 Å². The molecule has 1 saturated carbocycles. The van der Waals surface area contributed by atoms with Crippen LogP contribution >= 0.6 is 12.4 Å². The lowest BCUT2D eigenvalue weighted by atomic mass is 9.98. The first-order valence-corrected chi connectivity index (χ1v) is 9.08. The largest absolute Gasteiger partial charge is 0.490 e. The molecular weight excluding hydrogens is 340 g/mol. The number of nitrogens with two attached hydrogens (primary N) is 1. The Labute approximate surface area is 156 Å². The summed E-state index contributed by atoms with van der Waals surface area (Å²) in [6.07, 6.45) is 3.17. The molecule has 1 heterocycles. The molecule has 0 spiro atoms. The third kappa shape index (κ3) is 4.21. The molecule has 1 aromatic carbocycles. The second-order valence-corrected chi connectivity index (χ2v) is 6.82. The summed E-state index contributed by atoms with van der Waals surface area (Å²) in [5.74, 6) is 2.46. The highest BCUT2D eigenvalue weighted by atomic mass is 35.5. The number of halogens is 1. The Balaban J connectivity index is 0.00000225. The molecule has 3 atom stereocenters. The Kier molecular flexibility index (Phi) is 6.96. The van der Waals surface area contributed by atoms with E-state index in [1.807, 2.05) is 30.0 Å². The molecule has 3 rings (SSSR count). The van der Waals surface area contributed by atoms with Crippen molar-refractivity contribution in [3.63, 3.8) is 0 Å². The van der Waals surface area contributed by atoms with Gasteiger partial charge >= 0.3 is 0 Å². The zero-order valence-corrected chi connectivity index (χ0v) is 15.9. The van der Waals surface area contributed by atoms with E-state index in [0.29, 0.717) is 42.1 Å². The number of hydrogen-bond donors (Lipinski definition) is 1. The van der Waals surface area contributed by atoms with Crippen LogP contribution in [-0.4, -0.2) is 43.2 Å². The second kappa shape index (κ2) is 8.77. The zero-order chi connectivity index (χ0) is 17.1. The summed E-state index contributed by atoms with van der Waals surface area (Å²) in [6, 6.07) is 5.74. The van der Waals surface area contributed by atoms with Gasteiger partial charge in [0.1, 0.15) is 0 Å². The standard InChI is InChI=1S/C19H28N2O3.ClH/c1-3-9-24-17-8-6-13(10-18(17)23-4-2)19(22)21-11-14-5-7-16(20)15(14)12-21;/h6,8,10,14-16H,3-5,7,9,11-12,20H2,1-2H3;1H. The maximum Gasteiger partial charge on any atom is 0.254 e. The molecule has 0 bridgehead atoms. The Hall–Kier alpha value is -1.46. The molecule has 1 aliphatic heterocycles. The van der Waals surface area contributed by atoms with Gasteiger partial charge in [-0.3, -0.25) is 4.79 Å². The highest BCUT2D eigenvalue weighted by Crippen LogP contribution is 2.38. The molecule has 1 aromatic rings. The van der Waals surface area contributed by atoms with Crippen LogP contribution in [0.3, 0.4) is 0 Å². The molecule has 2 aliphatic rings. The predicted molar refractivity (Wildman–Crippen MR) is 101 cm³/mol. The molecule has 3 unspecified atom stereocenters. The van der Waals surface area contributed by atoms with Gasteiger partial charge in [-0.1, -0.05) is 6.92 Å². The van der Waals surface area contributed by atoms with E-state index in [0.717, 1.165) is 32.4 Å². The van der Waals surface area contributed by atoms with Crippen LogP contribution < -0.4 is 15.2 Å². The molecule has 0 radical (unpaired) electrons. The summed E-state index contributed by atoms with van der Waals surface area (Å²) in [5, 5.41) is 0. The Morgan fingerprint density at radius 1 is 1.20 bits per heavy atom. The number of carbonyl (C=O) groups is 1. The van der Waals surface area contributed by atoms with Gasteiger partial charge in [-0.25, -0.2) is 0 Å². The molecule has 1 amide bonds. The molecule has 2 N–H and O–H groups in total. The monoisotopic (exact) mass is 368 g/mol. The SMILES string of the molecule is CCCOc1ccc(C(=O)N2CC3CCC(N)C3C2)cc1OCC.Cl. The first kappa shape index (κ1) is 19.9. The van der Waals surface area contributed by atoms with Gasteiger partial charge in [0.15, 0.2) is 11.5 Å². The number of benzene rings is 1. The number of ether oxygens (including phenoxy) is 2. The molecule has 1 saturated heterocycles. The lowest BCUT2D eigenvalue weighted by Gasteiger charge is -2.20. The van der Waals surface area contributed by atoms with Crippen molar-refractivity contribution in [2.75, 3.05) is 26.3 Å². The van der Waals surface area contributed by atoms with Crippen LogP contribution in [-0.2, 0) is 0 Å². The highest BCUT2D eigenvalue weighted by molar-refractivity contribution is 5.95. The van der Waals surface area contributed by atoms with E-state index in [1.54, 1.807) is 0 Å². The molecule has 5 nitrogen and oxygen atoms in total. The van der Waals surface area contributed by atoms with Crippen LogP contribution in [0.2, 0.25) is 0 Å². The summed E-state index contributed by atoms with van der Waals surface area (Å²) >= 11 is 0. The van der Waals surface area contributed by atoms with Crippen LogP contribution in [0.1, 0.15) is 43.5 Å². The van der Waals surface area contributed by atoms with Gasteiger partial charge in [0, 0.05) is 24.7 Å². The number of carbonyl (C=O) groups excluding carboxylic acids is 1. The normalized spacial score (nSPS) is 24.6. The van der Waals surface area contributed by atoms with Crippen molar-refractivity contribution >= 4 is 18.3 Å². The van der Waals surface area contributed by atoms with Gasteiger partial charge in [0.2, 0.25) is 0 Å². The topological polar surface area (TPSA) is 64.8 Å². The lowest BCUT2D eigenvalue weighted by Crippen LogP contribution is -2.33. The Morgan fingerprint density at radius 2 is 2.00 bits per heavy atom. The highest BCUT2D eigenvalue weighted by Gasteiger charge is 2.42. The van der Waals surface area contributed by atoms with Crippen molar-refractivity contribution in [3.05, 3.63) is 23.8 Å². The molecule has 25 heavy (non-hydrogen) atoms. The van der Waals surface area contributed by atoms with Gasteiger partial charge in [0.25, 0.3) is 5.91 Å². The number of hydrogen-bond acceptors (Lipinski definition) is 4. The third-order valence-electron chi connectivity index (χ3n) is 5.15. The molecule has 2 fully saturated rings. The number of nitrogens with zero attached hydrogens (tertiary/aromatic N) is 1.